The number of carbonyl (C=O) groups is 1. The number of esters is 1. The van der Waals surface area contributed by atoms with Gasteiger partial charge in [-0.05, 0) is 19.1 Å². The zero-order valence-corrected chi connectivity index (χ0v) is 12.3. The molecule has 122 valence electrons. The zero-order chi connectivity index (χ0) is 17.1. The number of hydrogen-bond acceptors (Lipinski definition) is 9. The van der Waals surface area contributed by atoms with Crippen LogP contribution in [-0.2, 0) is 11.3 Å². The smallest absolute Gasteiger partial charge is 0.361 e. The number of aryl methyl sites for hydroxylation is 1. The topological polar surface area (TPSA) is 134 Å². The largest absolute Gasteiger partial charge is 0.451 e. The molecule has 0 aliphatic rings. The molecule has 0 bridgehead atoms. The maximum Gasteiger partial charge on any atom is 0.361 e. The third-order valence-corrected chi connectivity index (χ3v) is 2.96. The molecular formula is C14H10N4O6. The van der Waals surface area contributed by atoms with Crippen molar-refractivity contribution in [2.75, 3.05) is 0 Å². The summed E-state index contributed by atoms with van der Waals surface area (Å²) < 4.78 is 15.1. The molecule has 3 aromatic rings. The molecule has 0 saturated heterocycles. The van der Waals surface area contributed by atoms with E-state index in [1.54, 1.807) is 6.92 Å². The molecule has 10 nitrogen and oxygen atoms in total. The van der Waals surface area contributed by atoms with Crippen molar-refractivity contribution < 1.29 is 23.4 Å². The van der Waals surface area contributed by atoms with E-state index < -0.39 is 10.9 Å². The van der Waals surface area contributed by atoms with Crippen molar-refractivity contribution in [3.8, 4) is 11.5 Å². The third kappa shape index (κ3) is 3.27. The van der Waals surface area contributed by atoms with Gasteiger partial charge in [0.15, 0.2) is 12.3 Å². The van der Waals surface area contributed by atoms with Crippen LogP contribution in [0, 0.1) is 17.0 Å². The van der Waals surface area contributed by atoms with Gasteiger partial charge in [0, 0.05) is 23.8 Å². The summed E-state index contributed by atoms with van der Waals surface area (Å²) in [6.07, 6.45) is 0. The van der Waals surface area contributed by atoms with E-state index in [0.717, 1.165) is 0 Å². The molecule has 0 N–H and O–H groups in total. The van der Waals surface area contributed by atoms with Crippen molar-refractivity contribution in [2.45, 2.75) is 13.5 Å². The first-order valence-corrected chi connectivity index (χ1v) is 6.70. The number of hydrogen-bond donors (Lipinski definition) is 0. The highest BCUT2D eigenvalue weighted by Crippen LogP contribution is 2.21. The molecule has 0 unspecified atom stereocenters. The second kappa shape index (κ2) is 6.28. The Balaban J connectivity index is 1.65. The Bertz CT molecular complexity index is 883. The van der Waals surface area contributed by atoms with E-state index in [1.807, 2.05) is 0 Å². The highest BCUT2D eigenvalue weighted by atomic mass is 16.6. The number of rotatable bonds is 5. The fraction of sp³-hybridized carbons (Fsp3) is 0.143. The number of nitrogens with zero attached hydrogens (tertiary/aromatic N) is 4. The maximum atomic E-state index is 11.7. The monoisotopic (exact) mass is 330 g/mol. The number of nitro benzene ring substituents is 1. The lowest BCUT2D eigenvalue weighted by Gasteiger charge is -1.97. The molecule has 10 heteroatoms. The second-order valence-electron chi connectivity index (χ2n) is 4.70. The van der Waals surface area contributed by atoms with Crippen molar-refractivity contribution in [2.24, 2.45) is 0 Å². The van der Waals surface area contributed by atoms with Gasteiger partial charge in [0.25, 0.3) is 11.6 Å². The number of non-ortho nitro benzene ring substituents is 1. The number of nitro groups is 1. The van der Waals surface area contributed by atoms with Crippen LogP contribution in [0.25, 0.3) is 11.5 Å². The zero-order valence-electron chi connectivity index (χ0n) is 12.3. The van der Waals surface area contributed by atoms with Gasteiger partial charge in [-0.3, -0.25) is 10.1 Å². The van der Waals surface area contributed by atoms with Gasteiger partial charge >= 0.3 is 5.97 Å². The number of aromatic nitrogens is 3. The minimum absolute atomic E-state index is 0.0441. The van der Waals surface area contributed by atoms with Crippen LogP contribution >= 0.6 is 0 Å². The number of ether oxygens (including phenoxy) is 1. The van der Waals surface area contributed by atoms with Gasteiger partial charge in [0.2, 0.25) is 5.89 Å². The summed E-state index contributed by atoms with van der Waals surface area (Å²) in [5, 5.41) is 21.7. The van der Waals surface area contributed by atoms with E-state index in [1.165, 1.54) is 30.3 Å². The van der Waals surface area contributed by atoms with Gasteiger partial charge in [-0.2, -0.15) is 0 Å². The van der Waals surface area contributed by atoms with Crippen molar-refractivity contribution >= 4 is 11.7 Å². The van der Waals surface area contributed by atoms with Crippen LogP contribution < -0.4 is 0 Å². The van der Waals surface area contributed by atoms with Gasteiger partial charge in [0.1, 0.15) is 5.76 Å². The molecule has 0 fully saturated rings. The van der Waals surface area contributed by atoms with E-state index in [2.05, 4.69) is 15.4 Å². The molecule has 0 aliphatic carbocycles. The number of benzene rings is 1. The Morgan fingerprint density at radius 1 is 1.29 bits per heavy atom. The third-order valence-electron chi connectivity index (χ3n) is 2.96. The average molecular weight is 330 g/mol. The van der Waals surface area contributed by atoms with Gasteiger partial charge in [-0.15, -0.1) is 10.2 Å². The molecule has 3 rings (SSSR count). The first kappa shape index (κ1) is 15.3. The van der Waals surface area contributed by atoms with Gasteiger partial charge < -0.3 is 13.7 Å². The molecular weight excluding hydrogens is 320 g/mol. The van der Waals surface area contributed by atoms with Crippen LogP contribution in [0.5, 0.6) is 0 Å². The standard InChI is InChI=1S/C14H10N4O6/c1-8-6-11(17-24-8)14(19)22-7-12-15-16-13(23-12)9-2-4-10(5-3-9)18(20)21/h2-6H,7H2,1H3. The van der Waals surface area contributed by atoms with Crippen LogP contribution in [0.15, 0.2) is 39.3 Å². The quantitative estimate of drug-likeness (QED) is 0.392. The summed E-state index contributed by atoms with van der Waals surface area (Å²) in [5.41, 5.74) is 0.510. The fourth-order valence-electron chi connectivity index (χ4n) is 1.82. The highest BCUT2D eigenvalue weighted by molar-refractivity contribution is 5.87. The molecule has 24 heavy (non-hydrogen) atoms. The molecule has 0 spiro atoms. The lowest BCUT2D eigenvalue weighted by atomic mass is 10.2. The molecule has 2 aromatic heterocycles. The Hall–Kier alpha value is -3.56. The van der Waals surface area contributed by atoms with E-state index in [0.29, 0.717) is 11.3 Å². The molecule has 0 radical (unpaired) electrons. The van der Waals surface area contributed by atoms with Crippen molar-refractivity contribution in [3.63, 3.8) is 0 Å². The van der Waals surface area contributed by atoms with Gasteiger partial charge in [-0.25, -0.2) is 4.79 Å². The average Bonchev–Trinajstić information content (AvgIpc) is 3.22. The van der Waals surface area contributed by atoms with Gasteiger partial charge in [-0.1, -0.05) is 5.16 Å². The second-order valence-corrected chi connectivity index (χ2v) is 4.70. The Morgan fingerprint density at radius 3 is 2.67 bits per heavy atom. The van der Waals surface area contributed by atoms with Crippen LogP contribution in [0.2, 0.25) is 0 Å². The predicted molar refractivity (Wildman–Crippen MR) is 76.7 cm³/mol. The van der Waals surface area contributed by atoms with Crippen molar-refractivity contribution in [1.29, 1.82) is 0 Å². The van der Waals surface area contributed by atoms with Crippen LogP contribution in [0.3, 0.4) is 0 Å². The molecule has 0 amide bonds. The minimum atomic E-state index is -0.679. The Morgan fingerprint density at radius 2 is 2.04 bits per heavy atom. The van der Waals surface area contributed by atoms with E-state index in [4.69, 9.17) is 13.7 Å². The predicted octanol–water partition coefficient (Wildman–Crippen LogP) is 2.30. The molecule has 0 saturated carbocycles. The van der Waals surface area contributed by atoms with Crippen molar-refractivity contribution in [3.05, 3.63) is 57.8 Å². The normalized spacial score (nSPS) is 10.5. The Labute approximate surface area is 134 Å². The van der Waals surface area contributed by atoms with Crippen LogP contribution in [0.4, 0.5) is 5.69 Å². The lowest BCUT2D eigenvalue weighted by molar-refractivity contribution is -0.384. The fourth-order valence-corrected chi connectivity index (χ4v) is 1.82. The van der Waals surface area contributed by atoms with Crippen LogP contribution in [0.1, 0.15) is 22.1 Å². The summed E-state index contributed by atoms with van der Waals surface area (Å²) in [4.78, 5) is 21.8. The highest BCUT2D eigenvalue weighted by Gasteiger charge is 2.15. The summed E-state index contributed by atoms with van der Waals surface area (Å²) in [6.45, 7) is 1.42. The maximum absolute atomic E-state index is 11.7. The number of carbonyl (C=O) groups excluding carboxylic acids is 1. The SMILES string of the molecule is Cc1cc(C(=O)OCc2nnc(-c3ccc([N+](=O)[O-])cc3)o2)no1. The summed E-state index contributed by atoms with van der Waals surface area (Å²) in [7, 11) is 0. The summed E-state index contributed by atoms with van der Waals surface area (Å²) in [6, 6.07) is 7.07. The Kier molecular flexibility index (Phi) is 4.01. The van der Waals surface area contributed by atoms with E-state index in [-0.39, 0.29) is 29.8 Å². The summed E-state index contributed by atoms with van der Waals surface area (Å²) in [5.74, 6) is 0.0484. The van der Waals surface area contributed by atoms with E-state index >= 15 is 0 Å². The van der Waals surface area contributed by atoms with Gasteiger partial charge in [0.05, 0.1) is 4.92 Å². The van der Waals surface area contributed by atoms with E-state index in [9.17, 15) is 14.9 Å². The first-order valence-electron chi connectivity index (χ1n) is 6.70. The lowest BCUT2D eigenvalue weighted by Crippen LogP contribution is -2.05. The van der Waals surface area contributed by atoms with Crippen LogP contribution in [-0.4, -0.2) is 26.2 Å². The molecule has 2 heterocycles. The molecule has 1 aromatic carbocycles. The molecule has 0 aliphatic heterocycles. The molecule has 0 atom stereocenters. The minimum Gasteiger partial charge on any atom is -0.451 e. The van der Waals surface area contributed by atoms with Crippen molar-refractivity contribution in [1.82, 2.24) is 15.4 Å². The first-order chi connectivity index (χ1) is 11.5. The summed E-state index contributed by atoms with van der Waals surface area (Å²) >= 11 is 0.